The Bertz CT molecular complexity index is 173. The number of hydrogen-bond acceptors (Lipinski definition) is 2. The first-order valence-corrected chi connectivity index (χ1v) is 3.38. The fraction of sp³-hybridized carbons (Fsp3) is 0.375. The molecule has 0 aliphatic heterocycles. The molecule has 0 aromatic rings. The molecule has 0 heterocycles. The quantitative estimate of drug-likeness (QED) is 0.350. The van der Waals surface area contributed by atoms with E-state index in [0.29, 0.717) is 13.1 Å². The summed E-state index contributed by atoms with van der Waals surface area (Å²) in [5.74, 6) is -0.900. The van der Waals surface area contributed by atoms with Crippen LogP contribution in [0.1, 0.15) is 6.92 Å². The molecule has 0 unspecified atom stereocenters. The minimum atomic E-state index is -0.900. The molecule has 0 rings (SSSR count). The zero-order chi connectivity index (χ0) is 8.69. The van der Waals surface area contributed by atoms with Crippen molar-refractivity contribution in [1.29, 1.82) is 0 Å². The smallest absolute Gasteiger partial charge is 0.328 e. The number of carboxylic acid groups (broad SMARTS) is 1. The summed E-state index contributed by atoms with van der Waals surface area (Å²) in [5, 5.41) is 11.3. The SMILES string of the molecule is C=CCNC/C(C)=C\C(=O)O. The molecule has 0 aromatic carbocycles. The van der Waals surface area contributed by atoms with Crippen molar-refractivity contribution in [3.05, 3.63) is 24.3 Å². The van der Waals surface area contributed by atoms with Crippen LogP contribution in [0.15, 0.2) is 24.3 Å². The van der Waals surface area contributed by atoms with Crippen LogP contribution in [0.4, 0.5) is 0 Å². The molecule has 0 saturated carbocycles. The first-order chi connectivity index (χ1) is 5.16. The van der Waals surface area contributed by atoms with Crippen molar-refractivity contribution < 1.29 is 9.90 Å². The van der Waals surface area contributed by atoms with Gasteiger partial charge in [0.15, 0.2) is 0 Å². The maximum atomic E-state index is 10.1. The number of aliphatic carboxylic acids is 1. The predicted octanol–water partition coefficient (Wildman–Crippen LogP) is 0.793. The van der Waals surface area contributed by atoms with Crippen molar-refractivity contribution in [1.82, 2.24) is 5.32 Å². The van der Waals surface area contributed by atoms with Gasteiger partial charge in [-0.25, -0.2) is 4.79 Å². The molecule has 11 heavy (non-hydrogen) atoms. The first kappa shape index (κ1) is 9.91. The van der Waals surface area contributed by atoms with Gasteiger partial charge in [0.2, 0.25) is 0 Å². The van der Waals surface area contributed by atoms with Crippen LogP contribution in [0.5, 0.6) is 0 Å². The highest BCUT2D eigenvalue weighted by molar-refractivity contribution is 5.80. The van der Waals surface area contributed by atoms with Gasteiger partial charge >= 0.3 is 5.97 Å². The highest BCUT2D eigenvalue weighted by atomic mass is 16.4. The average molecular weight is 155 g/mol. The number of carboxylic acids is 1. The highest BCUT2D eigenvalue weighted by Gasteiger charge is 1.91. The van der Waals surface area contributed by atoms with E-state index in [-0.39, 0.29) is 0 Å². The van der Waals surface area contributed by atoms with Gasteiger partial charge in [0.05, 0.1) is 0 Å². The summed E-state index contributed by atoms with van der Waals surface area (Å²) >= 11 is 0. The number of hydrogen-bond donors (Lipinski definition) is 2. The van der Waals surface area contributed by atoms with Gasteiger partial charge in [0.1, 0.15) is 0 Å². The van der Waals surface area contributed by atoms with E-state index in [4.69, 9.17) is 5.11 Å². The van der Waals surface area contributed by atoms with E-state index in [2.05, 4.69) is 11.9 Å². The van der Waals surface area contributed by atoms with Crippen LogP contribution in [0.2, 0.25) is 0 Å². The third-order valence-corrected chi connectivity index (χ3v) is 1.06. The monoisotopic (exact) mass is 155 g/mol. The summed E-state index contributed by atoms with van der Waals surface area (Å²) in [6, 6.07) is 0. The topological polar surface area (TPSA) is 49.3 Å². The van der Waals surface area contributed by atoms with Gasteiger partial charge in [-0.1, -0.05) is 11.6 Å². The third kappa shape index (κ3) is 6.80. The van der Waals surface area contributed by atoms with Crippen molar-refractivity contribution in [2.75, 3.05) is 13.1 Å². The van der Waals surface area contributed by atoms with Crippen LogP contribution in [0.3, 0.4) is 0 Å². The second-order valence-corrected chi connectivity index (χ2v) is 2.25. The molecule has 0 aromatic heterocycles. The zero-order valence-corrected chi connectivity index (χ0v) is 6.63. The second-order valence-electron chi connectivity index (χ2n) is 2.25. The number of rotatable bonds is 5. The molecular weight excluding hydrogens is 142 g/mol. The van der Waals surface area contributed by atoms with Crippen molar-refractivity contribution in [2.24, 2.45) is 0 Å². The van der Waals surface area contributed by atoms with Crippen molar-refractivity contribution in [3.8, 4) is 0 Å². The Morgan fingerprint density at radius 2 is 2.36 bits per heavy atom. The highest BCUT2D eigenvalue weighted by Crippen LogP contribution is 1.88. The van der Waals surface area contributed by atoms with Crippen LogP contribution in [0, 0.1) is 0 Å². The summed E-state index contributed by atoms with van der Waals surface area (Å²) in [5.41, 5.74) is 0.805. The van der Waals surface area contributed by atoms with Gasteiger partial charge in [-0.3, -0.25) is 0 Å². The molecule has 0 radical (unpaired) electrons. The first-order valence-electron chi connectivity index (χ1n) is 3.38. The Morgan fingerprint density at radius 1 is 1.73 bits per heavy atom. The molecule has 0 fully saturated rings. The predicted molar refractivity (Wildman–Crippen MR) is 44.5 cm³/mol. The minimum absolute atomic E-state index is 0.596. The van der Waals surface area contributed by atoms with E-state index in [1.807, 2.05) is 0 Å². The van der Waals surface area contributed by atoms with Crippen LogP contribution in [-0.4, -0.2) is 24.2 Å². The molecule has 0 atom stereocenters. The second kappa shape index (κ2) is 5.68. The molecule has 0 aliphatic rings. The van der Waals surface area contributed by atoms with E-state index in [1.165, 1.54) is 6.08 Å². The largest absolute Gasteiger partial charge is 0.478 e. The fourth-order valence-electron chi connectivity index (χ4n) is 0.633. The summed E-state index contributed by atoms with van der Waals surface area (Å²) in [6.07, 6.45) is 2.92. The summed E-state index contributed by atoms with van der Waals surface area (Å²) in [6.45, 7) is 6.58. The van der Waals surface area contributed by atoms with E-state index in [9.17, 15) is 4.79 Å². The Balaban J connectivity index is 3.59. The molecule has 0 spiro atoms. The number of nitrogens with one attached hydrogen (secondary N) is 1. The number of carbonyl (C=O) groups is 1. The van der Waals surface area contributed by atoms with Crippen LogP contribution >= 0.6 is 0 Å². The molecule has 3 heteroatoms. The third-order valence-electron chi connectivity index (χ3n) is 1.06. The van der Waals surface area contributed by atoms with Crippen molar-refractivity contribution >= 4 is 5.97 Å². The summed E-state index contributed by atoms with van der Waals surface area (Å²) in [7, 11) is 0. The zero-order valence-electron chi connectivity index (χ0n) is 6.63. The minimum Gasteiger partial charge on any atom is -0.478 e. The molecule has 2 N–H and O–H groups in total. The molecular formula is C8H13NO2. The molecule has 62 valence electrons. The maximum Gasteiger partial charge on any atom is 0.328 e. The summed E-state index contributed by atoms with van der Waals surface area (Å²) < 4.78 is 0. The molecule has 3 nitrogen and oxygen atoms in total. The van der Waals surface area contributed by atoms with E-state index >= 15 is 0 Å². The Morgan fingerprint density at radius 3 is 2.82 bits per heavy atom. The Kier molecular flexibility index (Phi) is 5.11. The lowest BCUT2D eigenvalue weighted by Gasteiger charge is -1.99. The lowest BCUT2D eigenvalue weighted by Crippen LogP contribution is -2.16. The van der Waals surface area contributed by atoms with Crippen LogP contribution < -0.4 is 5.32 Å². The Labute approximate surface area is 66.4 Å². The molecule has 0 bridgehead atoms. The summed E-state index contributed by atoms with van der Waals surface area (Å²) in [4.78, 5) is 10.1. The maximum absolute atomic E-state index is 10.1. The molecule has 0 amide bonds. The van der Waals surface area contributed by atoms with Gasteiger partial charge in [0, 0.05) is 19.2 Å². The normalized spacial score (nSPS) is 11.2. The van der Waals surface area contributed by atoms with E-state index in [1.54, 1.807) is 13.0 Å². The van der Waals surface area contributed by atoms with E-state index in [0.717, 1.165) is 5.57 Å². The van der Waals surface area contributed by atoms with Crippen LogP contribution in [0.25, 0.3) is 0 Å². The lowest BCUT2D eigenvalue weighted by molar-refractivity contribution is -0.131. The lowest BCUT2D eigenvalue weighted by atomic mass is 10.3. The average Bonchev–Trinajstić information content (AvgIpc) is 1.86. The van der Waals surface area contributed by atoms with Crippen molar-refractivity contribution in [3.63, 3.8) is 0 Å². The van der Waals surface area contributed by atoms with Gasteiger partial charge in [-0.15, -0.1) is 6.58 Å². The standard InChI is InChI=1S/C8H13NO2/c1-3-4-9-6-7(2)5-8(10)11/h3,5,9H,1,4,6H2,2H3,(H,10,11)/b7-5-. The van der Waals surface area contributed by atoms with Gasteiger partial charge < -0.3 is 10.4 Å². The fourth-order valence-corrected chi connectivity index (χ4v) is 0.633. The van der Waals surface area contributed by atoms with Crippen LogP contribution in [-0.2, 0) is 4.79 Å². The van der Waals surface area contributed by atoms with Gasteiger partial charge in [0.25, 0.3) is 0 Å². The molecule has 0 saturated heterocycles. The van der Waals surface area contributed by atoms with Gasteiger partial charge in [-0.05, 0) is 6.92 Å². The van der Waals surface area contributed by atoms with Crippen molar-refractivity contribution in [2.45, 2.75) is 6.92 Å². The molecule has 0 aliphatic carbocycles. The van der Waals surface area contributed by atoms with Gasteiger partial charge in [-0.2, -0.15) is 0 Å². The van der Waals surface area contributed by atoms with E-state index < -0.39 is 5.97 Å². The Hall–Kier alpha value is -1.09.